The average molecular weight is 531 g/mol. The van der Waals surface area contributed by atoms with Crippen molar-refractivity contribution in [2.75, 3.05) is 31.7 Å². The van der Waals surface area contributed by atoms with Gasteiger partial charge in [-0.2, -0.15) is 0 Å². The molecule has 1 fully saturated rings. The molecule has 4 heterocycles. The lowest BCUT2D eigenvalue weighted by molar-refractivity contribution is -0.0511. The molecule has 3 aromatic heterocycles. The fourth-order valence-corrected chi connectivity index (χ4v) is 4.94. The second-order valence-electron chi connectivity index (χ2n) is 8.63. The second kappa shape index (κ2) is 10.4. The summed E-state index contributed by atoms with van der Waals surface area (Å²) in [7, 11) is 1.84. The van der Waals surface area contributed by atoms with E-state index in [1.807, 2.05) is 36.2 Å². The Hall–Kier alpha value is -3.56. The number of hydrogen-bond acceptors (Lipinski definition) is 12. The third kappa shape index (κ3) is 5.01. The fourth-order valence-electron chi connectivity index (χ4n) is 4.18. The minimum Gasteiger partial charge on any atom is -0.494 e. The van der Waals surface area contributed by atoms with Crippen molar-refractivity contribution in [2.24, 2.45) is 0 Å². The maximum Gasteiger partial charge on any atom is 0.307 e. The van der Waals surface area contributed by atoms with Crippen LogP contribution in [0, 0.1) is 0 Å². The lowest BCUT2D eigenvalue weighted by atomic mass is 10.1. The van der Waals surface area contributed by atoms with Crippen molar-refractivity contribution in [2.45, 2.75) is 31.0 Å². The molecule has 5 rings (SSSR count). The zero-order chi connectivity index (χ0) is 26.1. The van der Waals surface area contributed by atoms with E-state index in [4.69, 9.17) is 9.47 Å². The summed E-state index contributed by atoms with van der Waals surface area (Å²) in [5.74, 6) is 1.13. The molecule has 13 nitrogen and oxygen atoms in total. The summed E-state index contributed by atoms with van der Waals surface area (Å²) in [4.78, 5) is 28.9. The van der Waals surface area contributed by atoms with Crippen LogP contribution in [0.25, 0.3) is 11.2 Å². The molecule has 4 atom stereocenters. The van der Waals surface area contributed by atoms with Crippen LogP contribution < -0.4 is 14.5 Å². The quantitative estimate of drug-likeness (QED) is 0.197. The van der Waals surface area contributed by atoms with Crippen molar-refractivity contribution in [3.8, 4) is 11.6 Å². The molecular formula is C23H26N6O7S. The van der Waals surface area contributed by atoms with Gasteiger partial charge in [0.25, 0.3) is 0 Å². The van der Waals surface area contributed by atoms with Gasteiger partial charge in [0.2, 0.25) is 5.88 Å². The average Bonchev–Trinajstić information content (AvgIpc) is 3.55. The maximum absolute atomic E-state index is 11.3. The van der Waals surface area contributed by atoms with Crippen molar-refractivity contribution in [1.82, 2.24) is 24.5 Å². The Morgan fingerprint density at radius 1 is 1.19 bits per heavy atom. The molecule has 1 aliphatic rings. The first-order chi connectivity index (χ1) is 17.9. The van der Waals surface area contributed by atoms with Crippen LogP contribution >= 0.6 is 11.3 Å². The van der Waals surface area contributed by atoms with Gasteiger partial charge >= 0.3 is 4.87 Å². The van der Waals surface area contributed by atoms with E-state index in [0.717, 1.165) is 16.9 Å². The highest BCUT2D eigenvalue weighted by molar-refractivity contribution is 7.09. The van der Waals surface area contributed by atoms with E-state index in [-0.39, 0.29) is 10.8 Å². The summed E-state index contributed by atoms with van der Waals surface area (Å²) in [6.45, 7) is 0.420. The SMILES string of the molecule is CN(CCOc1ccc(Cc2sc(=O)[nH]c2O)cc1)c1ncnc2c1ncn2C1OC(CO)C(O)C1O. The van der Waals surface area contributed by atoms with Crippen LogP contribution in [0.15, 0.2) is 41.7 Å². The van der Waals surface area contributed by atoms with Gasteiger partial charge in [-0.25, -0.2) is 15.0 Å². The molecule has 0 radical (unpaired) electrons. The summed E-state index contributed by atoms with van der Waals surface area (Å²) in [5, 5.41) is 39.6. The van der Waals surface area contributed by atoms with E-state index < -0.39 is 31.1 Å². The molecule has 196 valence electrons. The zero-order valence-electron chi connectivity index (χ0n) is 19.8. The lowest BCUT2D eigenvalue weighted by Gasteiger charge is -2.19. The monoisotopic (exact) mass is 530 g/mol. The van der Waals surface area contributed by atoms with Crippen molar-refractivity contribution in [1.29, 1.82) is 0 Å². The summed E-state index contributed by atoms with van der Waals surface area (Å²) in [5.41, 5.74) is 1.84. The molecule has 0 saturated carbocycles. The molecule has 1 saturated heterocycles. The first-order valence-electron chi connectivity index (χ1n) is 11.5. The molecule has 14 heteroatoms. The molecule has 37 heavy (non-hydrogen) atoms. The van der Waals surface area contributed by atoms with Crippen LogP contribution in [0.5, 0.6) is 11.6 Å². The lowest BCUT2D eigenvalue weighted by Crippen LogP contribution is -2.33. The molecule has 1 aliphatic heterocycles. The summed E-state index contributed by atoms with van der Waals surface area (Å²) >= 11 is 0.983. The van der Waals surface area contributed by atoms with Crippen LogP contribution in [0.1, 0.15) is 16.7 Å². The number of fused-ring (bicyclic) bond motifs is 1. The van der Waals surface area contributed by atoms with Gasteiger partial charge in [0, 0.05) is 13.5 Å². The topological polar surface area (TPSA) is 179 Å². The standard InChI is InChI=1S/C23H26N6O7S/c1-28(6-7-35-13-4-2-12(3-5-13)8-15-21(33)27-23(34)37-15)19-16-20(25-10-24-19)29(11-26-16)22-18(32)17(31)14(9-30)36-22/h2-5,10-11,14,17-18,22,30-33H,6-9H2,1H3,(H,27,34). The number of likely N-dealkylation sites (N-methyl/N-ethyl adjacent to an activating group) is 1. The highest BCUT2D eigenvalue weighted by Crippen LogP contribution is 2.32. The molecule has 5 N–H and O–H groups in total. The van der Waals surface area contributed by atoms with E-state index in [1.165, 1.54) is 17.2 Å². The molecule has 4 unspecified atom stereocenters. The van der Waals surface area contributed by atoms with Gasteiger partial charge in [-0.3, -0.25) is 14.3 Å². The Balaban J connectivity index is 1.21. The van der Waals surface area contributed by atoms with Crippen LogP contribution in [0.3, 0.4) is 0 Å². The molecule has 0 spiro atoms. The third-order valence-electron chi connectivity index (χ3n) is 6.18. The van der Waals surface area contributed by atoms with Gasteiger partial charge in [0.05, 0.1) is 24.4 Å². The smallest absolute Gasteiger partial charge is 0.307 e. The van der Waals surface area contributed by atoms with Crippen LogP contribution in [0.2, 0.25) is 0 Å². The van der Waals surface area contributed by atoms with Gasteiger partial charge in [-0.05, 0) is 17.7 Å². The van der Waals surface area contributed by atoms with Crippen molar-refractivity contribution in [3.05, 3.63) is 57.0 Å². The van der Waals surface area contributed by atoms with Crippen molar-refractivity contribution >= 4 is 28.3 Å². The highest BCUT2D eigenvalue weighted by Gasteiger charge is 2.44. The second-order valence-corrected chi connectivity index (χ2v) is 9.69. The van der Waals surface area contributed by atoms with Gasteiger partial charge < -0.3 is 34.8 Å². The van der Waals surface area contributed by atoms with E-state index >= 15 is 0 Å². The number of benzene rings is 1. The van der Waals surface area contributed by atoms with E-state index in [0.29, 0.717) is 47.2 Å². The minimum atomic E-state index is -1.25. The van der Waals surface area contributed by atoms with Gasteiger partial charge in [-0.15, -0.1) is 0 Å². The first-order valence-corrected chi connectivity index (χ1v) is 12.3. The largest absolute Gasteiger partial charge is 0.494 e. The number of aromatic amines is 1. The summed E-state index contributed by atoms with van der Waals surface area (Å²) in [6, 6.07) is 7.41. The number of rotatable bonds is 9. The molecule has 4 aromatic rings. The molecule has 0 bridgehead atoms. The highest BCUT2D eigenvalue weighted by atomic mass is 32.1. The number of aliphatic hydroxyl groups excluding tert-OH is 3. The van der Waals surface area contributed by atoms with Crippen LogP contribution in [-0.2, 0) is 11.2 Å². The maximum atomic E-state index is 11.3. The van der Waals surface area contributed by atoms with Crippen molar-refractivity contribution in [3.63, 3.8) is 0 Å². The fraction of sp³-hybridized carbons (Fsp3) is 0.391. The number of H-pyrrole nitrogens is 1. The number of nitrogens with zero attached hydrogens (tertiary/aromatic N) is 5. The number of ether oxygens (including phenoxy) is 2. The van der Waals surface area contributed by atoms with Crippen LogP contribution in [0.4, 0.5) is 5.82 Å². The van der Waals surface area contributed by atoms with E-state index in [1.54, 1.807) is 0 Å². The molecule has 1 aromatic carbocycles. The van der Waals surface area contributed by atoms with Gasteiger partial charge in [0.15, 0.2) is 23.2 Å². The summed E-state index contributed by atoms with van der Waals surface area (Å²) < 4.78 is 13.0. The van der Waals surface area contributed by atoms with E-state index in [9.17, 15) is 25.2 Å². The van der Waals surface area contributed by atoms with Crippen LogP contribution in [-0.4, -0.2) is 90.0 Å². The Morgan fingerprint density at radius 2 is 1.97 bits per heavy atom. The zero-order valence-corrected chi connectivity index (χ0v) is 20.6. The number of anilines is 1. The Kier molecular flexibility index (Phi) is 7.08. The van der Waals surface area contributed by atoms with Crippen molar-refractivity contribution < 1.29 is 29.9 Å². The number of thiazole rings is 1. The molecule has 0 amide bonds. The number of aromatic nitrogens is 5. The number of nitrogens with one attached hydrogen (secondary N) is 1. The Morgan fingerprint density at radius 3 is 2.65 bits per heavy atom. The predicted molar refractivity (Wildman–Crippen MR) is 133 cm³/mol. The normalized spacial score (nSPS) is 21.5. The number of imidazole rings is 1. The van der Waals surface area contributed by atoms with Gasteiger partial charge in [-0.1, -0.05) is 23.5 Å². The Bertz CT molecular complexity index is 1420. The number of hydrogen-bond donors (Lipinski definition) is 5. The number of aromatic hydroxyl groups is 1. The molecule has 0 aliphatic carbocycles. The summed E-state index contributed by atoms with van der Waals surface area (Å²) in [6.07, 6.45) is -1.04. The molecular weight excluding hydrogens is 504 g/mol. The Labute approximate surface area is 214 Å². The van der Waals surface area contributed by atoms with E-state index in [2.05, 4.69) is 19.9 Å². The van der Waals surface area contributed by atoms with Gasteiger partial charge in [0.1, 0.15) is 37.0 Å². The first kappa shape index (κ1) is 25.1. The minimum absolute atomic E-state index is 0.0964. The number of aliphatic hydroxyl groups is 3. The third-order valence-corrected chi connectivity index (χ3v) is 7.05. The predicted octanol–water partition coefficient (Wildman–Crippen LogP) is -0.000800.